The van der Waals surface area contributed by atoms with Crippen LogP contribution in [-0.2, 0) is 10.0 Å². The standard InChI is InChI=1S/C14H21FN2O2S/c1-2-17(14-6-3-5-12(15)11-14)20(18,19)10-4-9-16-13-7-8-13/h3,5-6,11,13,16H,2,4,7-10H2,1H3. The summed E-state index contributed by atoms with van der Waals surface area (Å²) in [6.45, 7) is 2.78. The summed E-state index contributed by atoms with van der Waals surface area (Å²) in [7, 11) is -3.39. The van der Waals surface area contributed by atoms with E-state index in [0.717, 1.165) is 0 Å². The van der Waals surface area contributed by atoms with Crippen LogP contribution in [0, 0.1) is 5.82 Å². The van der Waals surface area contributed by atoms with E-state index in [-0.39, 0.29) is 5.75 Å². The van der Waals surface area contributed by atoms with Gasteiger partial charge >= 0.3 is 0 Å². The monoisotopic (exact) mass is 300 g/mol. The highest BCUT2D eigenvalue weighted by molar-refractivity contribution is 7.92. The lowest BCUT2D eigenvalue weighted by atomic mass is 10.3. The Labute approximate surface area is 120 Å². The zero-order chi connectivity index (χ0) is 14.6. The molecule has 0 heterocycles. The van der Waals surface area contributed by atoms with E-state index in [1.54, 1.807) is 13.0 Å². The average molecular weight is 300 g/mol. The number of anilines is 1. The minimum atomic E-state index is -3.39. The normalized spacial score (nSPS) is 15.3. The number of sulfonamides is 1. The van der Waals surface area contributed by atoms with Crippen LogP contribution in [0.1, 0.15) is 26.2 Å². The van der Waals surface area contributed by atoms with E-state index in [1.165, 1.54) is 35.3 Å². The lowest BCUT2D eigenvalue weighted by Crippen LogP contribution is -2.34. The molecule has 20 heavy (non-hydrogen) atoms. The van der Waals surface area contributed by atoms with Gasteiger partial charge in [-0.3, -0.25) is 4.31 Å². The summed E-state index contributed by atoms with van der Waals surface area (Å²) in [5.41, 5.74) is 0.391. The molecule has 0 aliphatic heterocycles. The van der Waals surface area contributed by atoms with Crippen molar-refractivity contribution in [3.63, 3.8) is 0 Å². The van der Waals surface area contributed by atoms with E-state index >= 15 is 0 Å². The van der Waals surface area contributed by atoms with E-state index in [9.17, 15) is 12.8 Å². The molecular formula is C14H21FN2O2S. The highest BCUT2D eigenvalue weighted by Gasteiger charge is 2.23. The lowest BCUT2D eigenvalue weighted by molar-refractivity contribution is 0.584. The van der Waals surface area contributed by atoms with Gasteiger partial charge in [0.2, 0.25) is 10.0 Å². The first-order valence-corrected chi connectivity index (χ1v) is 8.63. The summed E-state index contributed by atoms with van der Waals surface area (Å²) in [5, 5.41) is 3.29. The Morgan fingerprint density at radius 3 is 2.75 bits per heavy atom. The van der Waals surface area contributed by atoms with E-state index in [0.29, 0.717) is 31.2 Å². The number of nitrogens with one attached hydrogen (secondary N) is 1. The molecule has 1 fully saturated rings. The van der Waals surface area contributed by atoms with Gasteiger partial charge in [0.1, 0.15) is 5.82 Å². The zero-order valence-electron chi connectivity index (χ0n) is 11.7. The molecule has 0 bridgehead atoms. The van der Waals surface area contributed by atoms with Crippen molar-refractivity contribution in [2.24, 2.45) is 0 Å². The smallest absolute Gasteiger partial charge is 0.235 e. The van der Waals surface area contributed by atoms with Gasteiger partial charge in [0, 0.05) is 12.6 Å². The van der Waals surface area contributed by atoms with Crippen molar-refractivity contribution in [3.05, 3.63) is 30.1 Å². The van der Waals surface area contributed by atoms with Crippen molar-refractivity contribution in [2.45, 2.75) is 32.2 Å². The molecule has 0 radical (unpaired) electrons. The third-order valence-corrected chi connectivity index (χ3v) is 5.25. The Morgan fingerprint density at radius 1 is 1.40 bits per heavy atom. The number of rotatable bonds is 8. The van der Waals surface area contributed by atoms with Crippen molar-refractivity contribution >= 4 is 15.7 Å². The summed E-state index contributed by atoms with van der Waals surface area (Å²) in [6, 6.07) is 6.29. The van der Waals surface area contributed by atoms with Crippen LogP contribution >= 0.6 is 0 Å². The molecular weight excluding hydrogens is 279 g/mol. The van der Waals surface area contributed by atoms with Gasteiger partial charge < -0.3 is 5.32 Å². The van der Waals surface area contributed by atoms with Crippen LogP contribution < -0.4 is 9.62 Å². The number of halogens is 1. The number of hydrogen-bond acceptors (Lipinski definition) is 3. The van der Waals surface area contributed by atoms with Gasteiger partial charge in [-0.1, -0.05) is 6.07 Å². The molecule has 112 valence electrons. The van der Waals surface area contributed by atoms with Crippen LogP contribution in [0.3, 0.4) is 0 Å². The van der Waals surface area contributed by atoms with Crippen LogP contribution in [0.2, 0.25) is 0 Å². The number of hydrogen-bond donors (Lipinski definition) is 1. The topological polar surface area (TPSA) is 49.4 Å². The molecule has 2 rings (SSSR count). The van der Waals surface area contributed by atoms with Gasteiger partial charge in [-0.2, -0.15) is 0 Å². The third-order valence-electron chi connectivity index (χ3n) is 3.31. The lowest BCUT2D eigenvalue weighted by Gasteiger charge is -2.23. The Kier molecular flexibility index (Phi) is 4.99. The van der Waals surface area contributed by atoms with E-state index in [2.05, 4.69) is 5.32 Å². The molecule has 0 atom stereocenters. The molecule has 0 aromatic heterocycles. The molecule has 0 spiro atoms. The molecule has 4 nitrogen and oxygen atoms in total. The maximum atomic E-state index is 13.2. The molecule has 0 amide bonds. The second kappa shape index (κ2) is 6.54. The highest BCUT2D eigenvalue weighted by atomic mass is 32.2. The average Bonchev–Trinajstić information content (AvgIpc) is 3.19. The van der Waals surface area contributed by atoms with Crippen LogP contribution in [0.5, 0.6) is 0 Å². The first kappa shape index (κ1) is 15.3. The number of nitrogens with zero attached hydrogens (tertiary/aromatic N) is 1. The van der Waals surface area contributed by atoms with Crippen LogP contribution in [-0.4, -0.2) is 33.3 Å². The van der Waals surface area contributed by atoms with E-state index in [4.69, 9.17) is 0 Å². The maximum Gasteiger partial charge on any atom is 0.235 e. The van der Waals surface area contributed by atoms with Gasteiger partial charge in [0.25, 0.3) is 0 Å². The second-order valence-electron chi connectivity index (χ2n) is 5.04. The third kappa shape index (κ3) is 4.18. The van der Waals surface area contributed by atoms with Crippen LogP contribution in [0.4, 0.5) is 10.1 Å². The largest absolute Gasteiger partial charge is 0.314 e. The van der Waals surface area contributed by atoms with Gasteiger partial charge in [-0.05, 0) is 50.9 Å². The summed E-state index contributed by atoms with van der Waals surface area (Å²) in [5.74, 6) is -0.344. The summed E-state index contributed by atoms with van der Waals surface area (Å²) < 4.78 is 39.1. The Hall–Kier alpha value is -1.14. The molecule has 6 heteroatoms. The maximum absolute atomic E-state index is 13.2. The highest BCUT2D eigenvalue weighted by Crippen LogP contribution is 2.20. The van der Waals surface area contributed by atoms with Crippen molar-refractivity contribution < 1.29 is 12.8 Å². The molecule has 1 N–H and O–H groups in total. The molecule has 0 saturated heterocycles. The second-order valence-corrected chi connectivity index (χ2v) is 7.06. The minimum absolute atomic E-state index is 0.0804. The Morgan fingerprint density at radius 2 is 2.15 bits per heavy atom. The van der Waals surface area contributed by atoms with Crippen molar-refractivity contribution in [1.82, 2.24) is 5.32 Å². The first-order chi connectivity index (χ1) is 9.53. The van der Waals surface area contributed by atoms with Crippen molar-refractivity contribution in [3.8, 4) is 0 Å². The summed E-state index contributed by atoms with van der Waals surface area (Å²) in [6.07, 6.45) is 2.96. The van der Waals surface area contributed by atoms with E-state index < -0.39 is 15.8 Å². The minimum Gasteiger partial charge on any atom is -0.314 e. The van der Waals surface area contributed by atoms with Crippen LogP contribution in [0.15, 0.2) is 24.3 Å². The molecule has 1 aliphatic rings. The quantitative estimate of drug-likeness (QED) is 0.748. The predicted molar refractivity (Wildman–Crippen MR) is 78.8 cm³/mol. The SMILES string of the molecule is CCN(c1cccc(F)c1)S(=O)(=O)CCCNC1CC1. The Balaban J connectivity index is 1.96. The zero-order valence-corrected chi connectivity index (χ0v) is 12.5. The molecule has 1 aromatic rings. The molecule has 1 saturated carbocycles. The predicted octanol–water partition coefficient (Wildman–Crippen LogP) is 2.12. The van der Waals surface area contributed by atoms with E-state index in [1.807, 2.05) is 0 Å². The van der Waals surface area contributed by atoms with Crippen molar-refractivity contribution in [2.75, 3.05) is 23.1 Å². The van der Waals surface area contributed by atoms with Gasteiger partial charge in [-0.15, -0.1) is 0 Å². The van der Waals surface area contributed by atoms with Crippen LogP contribution in [0.25, 0.3) is 0 Å². The van der Waals surface area contributed by atoms with Crippen molar-refractivity contribution in [1.29, 1.82) is 0 Å². The first-order valence-electron chi connectivity index (χ1n) is 7.02. The summed E-state index contributed by atoms with van der Waals surface area (Å²) >= 11 is 0. The summed E-state index contributed by atoms with van der Waals surface area (Å²) in [4.78, 5) is 0. The van der Waals surface area contributed by atoms with Gasteiger partial charge in [0.05, 0.1) is 11.4 Å². The molecule has 1 aliphatic carbocycles. The fourth-order valence-electron chi connectivity index (χ4n) is 2.13. The molecule has 0 unspecified atom stereocenters. The fourth-order valence-corrected chi connectivity index (χ4v) is 3.69. The fraction of sp³-hybridized carbons (Fsp3) is 0.571. The van der Waals surface area contributed by atoms with Gasteiger partial charge in [0.15, 0.2) is 0 Å². The number of benzene rings is 1. The van der Waals surface area contributed by atoms with Gasteiger partial charge in [-0.25, -0.2) is 12.8 Å². The molecule has 1 aromatic carbocycles. The Bertz CT molecular complexity index is 544.